The lowest BCUT2D eigenvalue weighted by molar-refractivity contribution is -0.289. The third-order valence-electron chi connectivity index (χ3n) is 7.04. The quantitative estimate of drug-likeness (QED) is 0.246. The molecule has 4 heterocycles. The number of imidazole rings is 1. The van der Waals surface area contributed by atoms with Gasteiger partial charge < -0.3 is 4.57 Å². The maximum absolute atomic E-state index is 13.9. The Kier molecular flexibility index (Phi) is 6.44. The number of nitrogens with zero attached hydrogens (tertiary/aromatic N) is 5. The van der Waals surface area contributed by atoms with Gasteiger partial charge in [0.1, 0.15) is 16.6 Å². The van der Waals surface area contributed by atoms with E-state index in [-0.39, 0.29) is 57.4 Å². The second-order valence-corrected chi connectivity index (χ2v) is 11.8. The Bertz CT molecular complexity index is 1780. The average molecular weight is 606 g/mol. The predicted molar refractivity (Wildman–Crippen MR) is 130 cm³/mol. The minimum absolute atomic E-state index is 0.0373. The molecule has 0 bridgehead atoms. The molecule has 4 aromatic rings. The van der Waals surface area contributed by atoms with Crippen LogP contribution in [0.15, 0.2) is 47.6 Å². The summed E-state index contributed by atoms with van der Waals surface area (Å²) in [6, 6.07) is 5.69. The van der Waals surface area contributed by atoms with Crippen LogP contribution in [-0.4, -0.2) is 51.0 Å². The molecule has 0 saturated heterocycles. The van der Waals surface area contributed by atoms with E-state index in [0.717, 1.165) is 6.07 Å². The van der Waals surface area contributed by atoms with Crippen LogP contribution >= 0.6 is 0 Å². The molecule has 0 aliphatic heterocycles. The lowest BCUT2D eigenvalue weighted by atomic mass is 10.0. The molecular formula is C25H19F8N5O2S. The van der Waals surface area contributed by atoms with Gasteiger partial charge in [-0.2, -0.15) is 35.1 Å². The monoisotopic (exact) mass is 605 g/mol. The normalized spacial score (nSPS) is 15.9. The van der Waals surface area contributed by atoms with Crippen LogP contribution in [0.1, 0.15) is 31.0 Å². The Balaban J connectivity index is 1.64. The molecule has 0 amide bonds. The topological polar surface area (TPSA) is 90.6 Å². The first-order chi connectivity index (χ1) is 18.9. The van der Waals surface area contributed by atoms with Crippen molar-refractivity contribution in [2.24, 2.45) is 7.05 Å². The Hall–Kier alpha value is -3.69. The van der Waals surface area contributed by atoms with Gasteiger partial charge in [-0.05, 0) is 37.1 Å². The molecule has 4 aromatic heterocycles. The number of sulfone groups is 1. The fourth-order valence-electron chi connectivity index (χ4n) is 4.44. The molecule has 1 fully saturated rings. The molecule has 0 radical (unpaired) electrons. The summed E-state index contributed by atoms with van der Waals surface area (Å²) in [6.45, 7) is 1.34. The Morgan fingerprint density at radius 1 is 0.951 bits per heavy atom. The molecule has 0 atom stereocenters. The first kappa shape index (κ1) is 28.8. The maximum Gasteiger partial charge on any atom is 0.458 e. The van der Waals surface area contributed by atoms with Gasteiger partial charge in [0.05, 0.1) is 27.6 Å². The number of aromatic nitrogens is 5. The molecule has 1 saturated carbocycles. The zero-order valence-electron chi connectivity index (χ0n) is 21.1. The van der Waals surface area contributed by atoms with Gasteiger partial charge in [-0.15, -0.1) is 0 Å². The van der Waals surface area contributed by atoms with Gasteiger partial charge in [0.25, 0.3) is 0 Å². The van der Waals surface area contributed by atoms with Gasteiger partial charge in [-0.3, -0.25) is 9.97 Å². The number of fused-ring (bicyclic) bond motifs is 1. The predicted octanol–water partition coefficient (Wildman–Crippen LogP) is 6.13. The minimum atomic E-state index is -5.88. The summed E-state index contributed by atoms with van der Waals surface area (Å²) in [6.07, 6.45) is -9.14. The average Bonchev–Trinajstić information content (AvgIpc) is 3.67. The molecule has 218 valence electrons. The van der Waals surface area contributed by atoms with Gasteiger partial charge in [-0.1, -0.05) is 13.0 Å². The number of aryl methyl sites for hydroxylation is 1. The molecule has 0 N–H and O–H groups in total. The van der Waals surface area contributed by atoms with Crippen molar-refractivity contribution >= 4 is 21.0 Å². The first-order valence-corrected chi connectivity index (χ1v) is 13.6. The number of hydrogen-bond donors (Lipinski definition) is 0. The highest BCUT2D eigenvalue weighted by Gasteiger charge is 2.65. The van der Waals surface area contributed by atoms with E-state index < -0.39 is 44.8 Å². The van der Waals surface area contributed by atoms with Crippen LogP contribution in [-0.2, 0) is 28.2 Å². The summed E-state index contributed by atoms with van der Waals surface area (Å²) < 4.78 is 135. The zero-order valence-corrected chi connectivity index (χ0v) is 22.0. The number of rotatable bonds is 6. The van der Waals surface area contributed by atoms with Crippen LogP contribution in [0.25, 0.3) is 33.9 Å². The number of pyridine rings is 3. The lowest BCUT2D eigenvalue weighted by Gasteiger charge is -2.19. The van der Waals surface area contributed by atoms with Gasteiger partial charge in [0.2, 0.25) is 0 Å². The fraction of sp³-hybridized carbons (Fsp3) is 0.360. The number of alkyl halides is 8. The Morgan fingerprint density at radius 3 is 2.22 bits per heavy atom. The van der Waals surface area contributed by atoms with E-state index in [1.807, 2.05) is 0 Å². The molecule has 16 heteroatoms. The second-order valence-electron chi connectivity index (χ2n) is 9.60. The van der Waals surface area contributed by atoms with Crippen molar-refractivity contribution in [3.05, 3.63) is 54.0 Å². The van der Waals surface area contributed by atoms with E-state index >= 15 is 0 Å². The third kappa shape index (κ3) is 4.61. The SMILES string of the molecule is CCS(=O)(=O)c1cc(-c2cccc(C3(C(F)(F)F)CC3)n2)cnc1-c1nc2cc(C(F)(F)C(F)(F)F)cnc2n1C. The highest BCUT2D eigenvalue weighted by molar-refractivity contribution is 7.91. The summed E-state index contributed by atoms with van der Waals surface area (Å²) in [4.78, 5) is 15.7. The Labute approximate surface area is 227 Å². The van der Waals surface area contributed by atoms with E-state index in [9.17, 15) is 43.5 Å². The van der Waals surface area contributed by atoms with Crippen LogP contribution < -0.4 is 0 Å². The fourth-order valence-corrected chi connectivity index (χ4v) is 5.50. The highest BCUT2D eigenvalue weighted by Crippen LogP contribution is 2.58. The molecule has 1 aliphatic carbocycles. The third-order valence-corrected chi connectivity index (χ3v) is 8.78. The highest BCUT2D eigenvalue weighted by atomic mass is 32.2. The van der Waals surface area contributed by atoms with Crippen molar-refractivity contribution in [2.75, 3.05) is 5.75 Å². The standard InChI is InChI=1S/C25H19F8N5O2S/c1-3-41(39,40)17-9-13(15-5-4-6-18(36-15)22(7-8-22)24(28,29)30)11-34-19(17)21-37-16-10-14(12-35-20(16)38(21)2)23(26,27)25(31,32)33/h4-6,9-12H,3,7-8H2,1-2H3. The summed E-state index contributed by atoms with van der Waals surface area (Å²) >= 11 is 0. The first-order valence-electron chi connectivity index (χ1n) is 12.0. The summed E-state index contributed by atoms with van der Waals surface area (Å²) in [5.41, 5.74) is -4.36. The van der Waals surface area contributed by atoms with Crippen LogP contribution in [0, 0.1) is 0 Å². The van der Waals surface area contributed by atoms with E-state index in [1.165, 1.54) is 42.9 Å². The molecule has 5 rings (SSSR count). The number of halogens is 8. The summed E-state index contributed by atoms with van der Waals surface area (Å²) in [7, 11) is -2.73. The Morgan fingerprint density at radius 2 is 1.63 bits per heavy atom. The van der Waals surface area contributed by atoms with E-state index in [2.05, 4.69) is 19.9 Å². The van der Waals surface area contributed by atoms with Gasteiger partial charge in [0.15, 0.2) is 21.3 Å². The maximum atomic E-state index is 13.9. The van der Waals surface area contributed by atoms with Crippen molar-refractivity contribution in [1.29, 1.82) is 0 Å². The summed E-state index contributed by atoms with van der Waals surface area (Å²) in [5.74, 6) is -5.83. The molecular weight excluding hydrogens is 586 g/mol. The molecule has 1 aliphatic rings. The molecule has 7 nitrogen and oxygen atoms in total. The zero-order chi connectivity index (χ0) is 30.2. The van der Waals surface area contributed by atoms with Crippen molar-refractivity contribution < 1.29 is 43.5 Å². The molecule has 0 spiro atoms. The van der Waals surface area contributed by atoms with Crippen molar-refractivity contribution in [2.45, 2.75) is 48.4 Å². The van der Waals surface area contributed by atoms with E-state index in [0.29, 0.717) is 12.3 Å². The molecule has 0 unspecified atom stereocenters. The molecule has 0 aromatic carbocycles. The van der Waals surface area contributed by atoms with E-state index in [1.54, 1.807) is 0 Å². The second kappa shape index (κ2) is 9.16. The minimum Gasteiger partial charge on any atom is -0.310 e. The van der Waals surface area contributed by atoms with Crippen LogP contribution in [0.3, 0.4) is 0 Å². The lowest BCUT2D eigenvalue weighted by Crippen LogP contribution is -2.33. The number of hydrogen-bond acceptors (Lipinski definition) is 6. The van der Waals surface area contributed by atoms with Crippen LogP contribution in [0.2, 0.25) is 0 Å². The van der Waals surface area contributed by atoms with Crippen molar-refractivity contribution in [1.82, 2.24) is 24.5 Å². The smallest absolute Gasteiger partial charge is 0.310 e. The van der Waals surface area contributed by atoms with Crippen molar-refractivity contribution in [3.63, 3.8) is 0 Å². The summed E-state index contributed by atoms with van der Waals surface area (Å²) in [5, 5.41) is 0. The van der Waals surface area contributed by atoms with Gasteiger partial charge in [0, 0.05) is 25.0 Å². The van der Waals surface area contributed by atoms with Crippen molar-refractivity contribution in [3.8, 4) is 22.8 Å². The van der Waals surface area contributed by atoms with E-state index in [4.69, 9.17) is 0 Å². The molecule has 41 heavy (non-hydrogen) atoms. The largest absolute Gasteiger partial charge is 0.458 e. The van der Waals surface area contributed by atoms with Gasteiger partial charge >= 0.3 is 18.3 Å². The van der Waals surface area contributed by atoms with Crippen LogP contribution in [0.4, 0.5) is 35.1 Å². The van der Waals surface area contributed by atoms with Crippen LogP contribution in [0.5, 0.6) is 0 Å². The van der Waals surface area contributed by atoms with Gasteiger partial charge in [-0.25, -0.2) is 18.4 Å².